The van der Waals surface area contributed by atoms with Crippen molar-refractivity contribution in [3.05, 3.63) is 41.5 Å². The minimum atomic E-state index is -2.60. The van der Waals surface area contributed by atoms with Gasteiger partial charge in [-0.3, -0.25) is 4.79 Å². The zero-order valence-electron chi connectivity index (χ0n) is 22.1. The number of rotatable bonds is 7. The molecule has 8 heteroatoms. The lowest BCUT2D eigenvalue weighted by Crippen LogP contribution is -2.39. The van der Waals surface area contributed by atoms with E-state index in [1.165, 1.54) is 30.6 Å². The van der Waals surface area contributed by atoms with Crippen molar-refractivity contribution in [3.8, 4) is 0 Å². The Labute approximate surface area is 223 Å². The van der Waals surface area contributed by atoms with Crippen molar-refractivity contribution in [2.45, 2.75) is 63.2 Å². The summed E-state index contributed by atoms with van der Waals surface area (Å²) in [6.07, 6.45) is 4.78. The maximum absolute atomic E-state index is 13.8. The molecule has 3 aliphatic rings. The van der Waals surface area contributed by atoms with E-state index in [4.69, 9.17) is 0 Å². The van der Waals surface area contributed by atoms with Gasteiger partial charge in [-0.1, -0.05) is 6.92 Å². The van der Waals surface area contributed by atoms with Crippen LogP contribution in [0.3, 0.4) is 0 Å². The summed E-state index contributed by atoms with van der Waals surface area (Å²) >= 11 is 1.80. The maximum atomic E-state index is 13.8. The van der Waals surface area contributed by atoms with Crippen LogP contribution in [0, 0.1) is 12.3 Å². The van der Waals surface area contributed by atoms with Crippen LogP contribution in [0.4, 0.5) is 31.5 Å². The summed E-state index contributed by atoms with van der Waals surface area (Å²) in [5.74, 6) is -1.75. The van der Waals surface area contributed by atoms with Gasteiger partial charge < -0.3 is 20.4 Å². The lowest BCUT2D eigenvalue weighted by Gasteiger charge is -2.35. The van der Waals surface area contributed by atoms with Gasteiger partial charge in [0.2, 0.25) is 0 Å². The lowest BCUT2D eigenvalue weighted by molar-refractivity contribution is -0.0220. The van der Waals surface area contributed by atoms with Crippen LogP contribution in [0.25, 0.3) is 0 Å². The number of carbonyl (C=O) groups excluding carboxylic acids is 1. The Bertz CT molecular complexity index is 1150. The van der Waals surface area contributed by atoms with Gasteiger partial charge in [0.15, 0.2) is 0 Å². The Morgan fingerprint density at radius 3 is 2.19 bits per heavy atom. The molecule has 2 heterocycles. The first-order valence-electron chi connectivity index (χ1n) is 13.5. The number of alkyl halides is 2. The SMILES string of the molecule is CCSc1cc(C)c(C(=O)Nc2cc(NC)cc(N3CCC(F)(F)CC3)c2)c(N2CCC3(CC2)CC3)c1. The Hall–Kier alpha value is -2.48. The van der Waals surface area contributed by atoms with Gasteiger partial charge in [0.05, 0.1) is 11.3 Å². The molecular formula is C29H38F2N4OS. The molecule has 0 radical (unpaired) electrons. The minimum Gasteiger partial charge on any atom is -0.388 e. The highest BCUT2D eigenvalue weighted by Crippen LogP contribution is 2.54. The van der Waals surface area contributed by atoms with Crippen LogP contribution < -0.4 is 20.4 Å². The summed E-state index contributed by atoms with van der Waals surface area (Å²) in [5, 5.41) is 6.29. The van der Waals surface area contributed by atoms with E-state index >= 15 is 0 Å². The fourth-order valence-electron chi connectivity index (χ4n) is 5.73. The van der Waals surface area contributed by atoms with Gasteiger partial charge in [0, 0.05) is 68.0 Å². The van der Waals surface area contributed by atoms with Crippen LogP contribution in [-0.2, 0) is 0 Å². The van der Waals surface area contributed by atoms with Gasteiger partial charge in [0.1, 0.15) is 0 Å². The number of nitrogens with zero attached hydrogens (tertiary/aromatic N) is 2. The van der Waals surface area contributed by atoms with Gasteiger partial charge >= 0.3 is 0 Å². The van der Waals surface area contributed by atoms with Crippen molar-refractivity contribution >= 4 is 40.4 Å². The van der Waals surface area contributed by atoms with Crippen molar-refractivity contribution in [2.75, 3.05) is 59.4 Å². The van der Waals surface area contributed by atoms with E-state index in [1.54, 1.807) is 11.8 Å². The lowest BCUT2D eigenvalue weighted by atomic mass is 9.92. The molecule has 5 rings (SSSR count). The summed E-state index contributed by atoms with van der Waals surface area (Å²) in [6, 6.07) is 10.0. The number of hydrogen-bond acceptors (Lipinski definition) is 5. The van der Waals surface area contributed by atoms with E-state index in [2.05, 4.69) is 34.6 Å². The number of thioether (sulfide) groups is 1. The third-order valence-electron chi connectivity index (χ3n) is 8.27. The Balaban J connectivity index is 1.41. The van der Waals surface area contributed by atoms with Crippen LogP contribution in [-0.4, -0.2) is 50.8 Å². The first-order valence-corrected chi connectivity index (χ1v) is 14.5. The van der Waals surface area contributed by atoms with Gasteiger partial charge in [-0.15, -0.1) is 11.8 Å². The Morgan fingerprint density at radius 2 is 1.57 bits per heavy atom. The van der Waals surface area contributed by atoms with E-state index < -0.39 is 5.92 Å². The molecule has 37 heavy (non-hydrogen) atoms. The van der Waals surface area contributed by atoms with E-state index in [-0.39, 0.29) is 18.7 Å². The molecule has 0 aromatic heterocycles. The van der Waals surface area contributed by atoms with Gasteiger partial charge in [-0.2, -0.15) is 0 Å². The fourth-order valence-corrected chi connectivity index (χ4v) is 6.51. The molecule has 2 aromatic rings. The number of benzene rings is 2. The molecule has 200 valence electrons. The van der Waals surface area contributed by atoms with E-state index in [9.17, 15) is 13.6 Å². The number of carbonyl (C=O) groups is 1. The van der Waals surface area contributed by atoms with Crippen molar-refractivity contribution in [1.82, 2.24) is 0 Å². The van der Waals surface area contributed by atoms with Crippen LogP contribution in [0.2, 0.25) is 0 Å². The molecule has 5 nitrogen and oxygen atoms in total. The third-order valence-corrected chi connectivity index (χ3v) is 9.13. The predicted molar refractivity (Wildman–Crippen MR) is 151 cm³/mol. The fraction of sp³-hybridized carbons (Fsp3) is 0.552. The smallest absolute Gasteiger partial charge is 0.258 e. The van der Waals surface area contributed by atoms with Crippen molar-refractivity contribution < 1.29 is 13.6 Å². The standard InChI is InChI=1S/C29H38F2N4OS/c1-4-37-24-15-20(2)26(25(19-24)35-11-7-28(5-6-28)8-12-35)27(36)33-22-16-21(32-3)17-23(18-22)34-13-9-29(30,31)10-14-34/h15-19,32H,4-14H2,1-3H3,(H,33,36). The quantitative estimate of drug-likeness (QED) is 0.378. The molecule has 2 saturated heterocycles. The van der Waals surface area contributed by atoms with Crippen LogP contribution >= 0.6 is 11.8 Å². The molecule has 0 bridgehead atoms. The Kier molecular flexibility index (Phi) is 7.31. The average molecular weight is 529 g/mol. The molecule has 1 spiro atoms. The molecule has 2 aliphatic heterocycles. The topological polar surface area (TPSA) is 47.6 Å². The Morgan fingerprint density at radius 1 is 0.919 bits per heavy atom. The highest BCUT2D eigenvalue weighted by molar-refractivity contribution is 7.99. The van der Waals surface area contributed by atoms with Gasteiger partial charge in [-0.25, -0.2) is 8.78 Å². The monoisotopic (exact) mass is 528 g/mol. The summed E-state index contributed by atoms with van der Waals surface area (Å²) in [4.78, 5) is 19.4. The molecule has 0 unspecified atom stereocenters. The van der Waals surface area contributed by atoms with Crippen LogP contribution in [0.15, 0.2) is 35.2 Å². The number of halogens is 2. The van der Waals surface area contributed by atoms with Crippen molar-refractivity contribution in [1.29, 1.82) is 0 Å². The van der Waals surface area contributed by atoms with E-state index in [0.717, 1.165) is 47.0 Å². The van der Waals surface area contributed by atoms with E-state index in [0.29, 0.717) is 24.2 Å². The van der Waals surface area contributed by atoms with E-state index in [1.807, 2.05) is 37.1 Å². The second-order valence-electron chi connectivity index (χ2n) is 10.9. The van der Waals surface area contributed by atoms with Crippen molar-refractivity contribution in [3.63, 3.8) is 0 Å². The maximum Gasteiger partial charge on any atom is 0.258 e. The first-order chi connectivity index (χ1) is 17.7. The van der Waals surface area contributed by atoms with Crippen molar-refractivity contribution in [2.24, 2.45) is 5.41 Å². The largest absolute Gasteiger partial charge is 0.388 e. The number of anilines is 4. The molecule has 0 atom stereocenters. The zero-order chi connectivity index (χ0) is 26.2. The molecule has 2 aromatic carbocycles. The molecule has 1 aliphatic carbocycles. The number of aryl methyl sites for hydroxylation is 1. The predicted octanol–water partition coefficient (Wildman–Crippen LogP) is 7.02. The molecule has 3 fully saturated rings. The van der Waals surface area contributed by atoms with Gasteiger partial charge in [-0.05, 0) is 79.7 Å². The normalized spacial score (nSPS) is 20.1. The molecule has 2 N–H and O–H groups in total. The average Bonchev–Trinajstić information content (AvgIpc) is 3.62. The minimum absolute atomic E-state index is 0.128. The van der Waals surface area contributed by atoms with Crippen LogP contribution in [0.5, 0.6) is 0 Å². The summed E-state index contributed by atoms with van der Waals surface area (Å²) < 4.78 is 27.5. The summed E-state index contributed by atoms with van der Waals surface area (Å²) in [5.41, 5.74) is 5.62. The van der Waals surface area contributed by atoms with Gasteiger partial charge in [0.25, 0.3) is 11.8 Å². The number of hydrogen-bond donors (Lipinski definition) is 2. The molecule has 1 amide bonds. The molecular weight excluding hydrogens is 490 g/mol. The van der Waals surface area contributed by atoms with Crippen LogP contribution in [0.1, 0.15) is 61.4 Å². The zero-order valence-corrected chi connectivity index (χ0v) is 22.9. The number of piperidine rings is 2. The second kappa shape index (κ2) is 10.4. The highest BCUT2D eigenvalue weighted by Gasteiger charge is 2.44. The summed E-state index contributed by atoms with van der Waals surface area (Å²) in [7, 11) is 1.82. The summed E-state index contributed by atoms with van der Waals surface area (Å²) in [6.45, 7) is 6.73. The first kappa shape index (κ1) is 26.1. The highest BCUT2D eigenvalue weighted by atomic mass is 32.2. The number of nitrogens with one attached hydrogen (secondary N) is 2. The molecule has 1 saturated carbocycles. The third kappa shape index (κ3) is 5.84. The number of amides is 1. The second-order valence-corrected chi connectivity index (χ2v) is 12.2.